The maximum atomic E-state index is 11.2. The van der Waals surface area contributed by atoms with Gasteiger partial charge in [-0.25, -0.2) is 0 Å². The Kier molecular flexibility index (Phi) is 3.27. The predicted octanol–water partition coefficient (Wildman–Crippen LogP) is 1.65. The number of carbonyl (C=O) groups is 1. The Hall–Kier alpha value is -0.690. The molecule has 3 rings (SSSR count). The van der Waals surface area contributed by atoms with Crippen LogP contribution in [0.2, 0.25) is 0 Å². The fraction of sp³-hybridized carbons (Fsp3) is 0.727. The van der Waals surface area contributed by atoms with Crippen molar-refractivity contribution in [3.63, 3.8) is 0 Å². The van der Waals surface area contributed by atoms with Gasteiger partial charge in [-0.3, -0.25) is 4.79 Å². The first-order valence-electron chi connectivity index (χ1n) is 6.14. The second-order valence-electron chi connectivity index (χ2n) is 5.07. The van der Waals surface area contributed by atoms with Crippen molar-refractivity contribution < 1.29 is 4.79 Å². The van der Waals surface area contributed by atoms with E-state index in [2.05, 4.69) is 36.3 Å². The van der Waals surface area contributed by atoms with Crippen LogP contribution >= 0.6 is 27.3 Å². The number of piperidine rings is 1. The van der Waals surface area contributed by atoms with E-state index < -0.39 is 0 Å². The minimum absolute atomic E-state index is 0.0870. The van der Waals surface area contributed by atoms with Gasteiger partial charge in [-0.1, -0.05) is 11.3 Å². The molecule has 1 aromatic heterocycles. The minimum Gasteiger partial charge on any atom is -0.353 e. The van der Waals surface area contributed by atoms with E-state index in [4.69, 9.17) is 0 Å². The molecule has 1 saturated heterocycles. The molecule has 2 bridgehead atoms. The van der Waals surface area contributed by atoms with E-state index in [9.17, 15) is 4.79 Å². The molecule has 1 N–H and O–H groups in total. The van der Waals surface area contributed by atoms with E-state index >= 15 is 0 Å². The van der Waals surface area contributed by atoms with E-state index in [1.807, 2.05) is 0 Å². The average molecular weight is 331 g/mol. The summed E-state index contributed by atoms with van der Waals surface area (Å²) in [6.07, 6.45) is 2.40. The van der Waals surface area contributed by atoms with Crippen molar-refractivity contribution in [3.05, 3.63) is 3.92 Å². The van der Waals surface area contributed by atoms with Crippen LogP contribution in [0, 0.1) is 11.8 Å². The van der Waals surface area contributed by atoms with E-state index in [0.29, 0.717) is 17.9 Å². The zero-order valence-corrected chi connectivity index (χ0v) is 12.5. The largest absolute Gasteiger partial charge is 0.353 e. The first kappa shape index (κ1) is 12.3. The first-order chi connectivity index (χ1) is 8.63. The third-order valence-corrected chi connectivity index (χ3v) is 5.28. The van der Waals surface area contributed by atoms with Crippen molar-refractivity contribution in [1.82, 2.24) is 15.5 Å². The summed E-state index contributed by atoms with van der Waals surface area (Å²) in [7, 11) is 0. The number of aromatic nitrogens is 2. The van der Waals surface area contributed by atoms with Crippen LogP contribution in [0.15, 0.2) is 3.92 Å². The van der Waals surface area contributed by atoms with Gasteiger partial charge in [-0.15, -0.1) is 10.2 Å². The van der Waals surface area contributed by atoms with Crippen LogP contribution in [-0.4, -0.2) is 35.2 Å². The summed E-state index contributed by atoms with van der Waals surface area (Å²) >= 11 is 4.92. The highest BCUT2D eigenvalue weighted by Gasteiger charge is 2.43. The molecule has 1 amide bonds. The molecule has 2 aliphatic rings. The van der Waals surface area contributed by atoms with Crippen molar-refractivity contribution in [1.29, 1.82) is 0 Å². The van der Waals surface area contributed by atoms with Crippen molar-refractivity contribution >= 4 is 38.3 Å². The molecule has 2 fully saturated rings. The van der Waals surface area contributed by atoms with Crippen molar-refractivity contribution in [2.24, 2.45) is 11.8 Å². The molecule has 0 radical (unpaired) electrons. The molecule has 7 heteroatoms. The second-order valence-corrected chi connectivity index (χ2v) is 7.30. The molecule has 1 saturated carbocycles. The Labute approximate surface area is 118 Å². The van der Waals surface area contributed by atoms with Gasteiger partial charge < -0.3 is 10.2 Å². The molecule has 0 spiro atoms. The molecule has 98 valence electrons. The zero-order chi connectivity index (χ0) is 12.7. The molecule has 1 aromatic rings. The number of carbonyl (C=O) groups excluding carboxylic acids is 1. The normalized spacial score (nSPS) is 30.6. The standard InChI is InChI=1S/C11H15BrN4OS/c1-6(17)13-9-7-2-3-8(9)5-16(4-7)11-15-14-10(12)18-11/h7-9H,2-5H2,1H3,(H,13,17)/t7-,8?,9?/m0/s1. The minimum atomic E-state index is 0.0870. The lowest BCUT2D eigenvalue weighted by molar-refractivity contribution is -0.120. The van der Waals surface area contributed by atoms with E-state index in [1.165, 1.54) is 12.8 Å². The summed E-state index contributed by atoms with van der Waals surface area (Å²) in [5, 5.41) is 12.3. The van der Waals surface area contributed by atoms with E-state index in [0.717, 1.165) is 22.1 Å². The van der Waals surface area contributed by atoms with E-state index in [-0.39, 0.29) is 5.91 Å². The molecule has 0 aromatic carbocycles. The van der Waals surface area contributed by atoms with Crippen LogP contribution in [0.3, 0.4) is 0 Å². The van der Waals surface area contributed by atoms with Gasteiger partial charge in [0, 0.05) is 26.1 Å². The SMILES string of the molecule is CC(=O)NC1C2CC[C@H]1CN(c1nnc(Br)s1)C2. The Bertz CT molecular complexity index is 452. The lowest BCUT2D eigenvalue weighted by Crippen LogP contribution is -2.52. The number of rotatable bonds is 2. The fourth-order valence-electron chi connectivity index (χ4n) is 3.18. The Morgan fingerprint density at radius 2 is 2.06 bits per heavy atom. The molecule has 3 atom stereocenters. The summed E-state index contributed by atoms with van der Waals surface area (Å²) in [6.45, 7) is 3.56. The maximum Gasteiger partial charge on any atom is 0.217 e. The number of hydrogen-bond acceptors (Lipinski definition) is 5. The van der Waals surface area contributed by atoms with Crippen molar-refractivity contribution in [3.8, 4) is 0 Å². The molecular weight excluding hydrogens is 316 g/mol. The smallest absolute Gasteiger partial charge is 0.217 e. The summed E-state index contributed by atoms with van der Waals surface area (Å²) < 4.78 is 0.828. The van der Waals surface area contributed by atoms with Gasteiger partial charge in [-0.2, -0.15) is 0 Å². The number of amides is 1. The van der Waals surface area contributed by atoms with Gasteiger partial charge in [0.25, 0.3) is 0 Å². The number of halogens is 1. The molecule has 2 heterocycles. The van der Waals surface area contributed by atoms with Crippen LogP contribution in [0.25, 0.3) is 0 Å². The summed E-state index contributed by atoms with van der Waals surface area (Å²) in [4.78, 5) is 13.5. The molecule has 18 heavy (non-hydrogen) atoms. The Morgan fingerprint density at radius 3 is 2.56 bits per heavy atom. The third kappa shape index (κ3) is 2.25. The van der Waals surface area contributed by atoms with Crippen LogP contribution in [0.5, 0.6) is 0 Å². The van der Waals surface area contributed by atoms with Gasteiger partial charge in [0.2, 0.25) is 11.0 Å². The molecular formula is C11H15BrN4OS. The summed E-state index contributed by atoms with van der Waals surface area (Å²) in [5.41, 5.74) is 0. The summed E-state index contributed by atoms with van der Waals surface area (Å²) in [6, 6.07) is 0.357. The van der Waals surface area contributed by atoms with Crippen molar-refractivity contribution in [2.75, 3.05) is 18.0 Å². The summed E-state index contributed by atoms with van der Waals surface area (Å²) in [5.74, 6) is 1.19. The number of anilines is 1. The quantitative estimate of drug-likeness (QED) is 0.895. The highest BCUT2D eigenvalue weighted by atomic mass is 79.9. The van der Waals surface area contributed by atoms with Crippen molar-refractivity contribution in [2.45, 2.75) is 25.8 Å². The topological polar surface area (TPSA) is 58.1 Å². The Morgan fingerprint density at radius 1 is 1.39 bits per heavy atom. The van der Waals surface area contributed by atoms with Gasteiger partial charge in [-0.05, 0) is 40.6 Å². The Balaban J connectivity index is 1.73. The maximum absolute atomic E-state index is 11.2. The lowest BCUT2D eigenvalue weighted by atomic mass is 9.92. The highest BCUT2D eigenvalue weighted by Crippen LogP contribution is 2.39. The van der Waals surface area contributed by atoms with Gasteiger partial charge >= 0.3 is 0 Å². The molecule has 2 unspecified atom stereocenters. The average Bonchev–Trinajstić information content (AvgIpc) is 2.81. The fourth-order valence-corrected chi connectivity index (χ4v) is 4.28. The van der Waals surface area contributed by atoms with Crippen LogP contribution < -0.4 is 10.2 Å². The van der Waals surface area contributed by atoms with Crippen LogP contribution in [-0.2, 0) is 4.79 Å². The van der Waals surface area contributed by atoms with Crippen LogP contribution in [0.4, 0.5) is 5.13 Å². The number of hydrogen-bond donors (Lipinski definition) is 1. The first-order valence-corrected chi connectivity index (χ1v) is 7.75. The molecule has 1 aliphatic heterocycles. The number of nitrogens with zero attached hydrogens (tertiary/aromatic N) is 3. The number of nitrogens with one attached hydrogen (secondary N) is 1. The predicted molar refractivity (Wildman–Crippen MR) is 73.6 cm³/mol. The van der Waals surface area contributed by atoms with Gasteiger partial charge in [0.05, 0.1) is 0 Å². The van der Waals surface area contributed by atoms with E-state index in [1.54, 1.807) is 18.3 Å². The molecule has 1 aliphatic carbocycles. The number of fused-ring (bicyclic) bond motifs is 2. The second kappa shape index (κ2) is 4.77. The molecule has 5 nitrogen and oxygen atoms in total. The van der Waals surface area contributed by atoms with Gasteiger partial charge in [0.1, 0.15) is 0 Å². The third-order valence-electron chi connectivity index (χ3n) is 3.86. The zero-order valence-electron chi connectivity index (χ0n) is 10.1. The van der Waals surface area contributed by atoms with Crippen LogP contribution in [0.1, 0.15) is 19.8 Å². The lowest BCUT2D eigenvalue weighted by Gasteiger charge is -2.37. The highest BCUT2D eigenvalue weighted by molar-refractivity contribution is 9.11. The van der Waals surface area contributed by atoms with Gasteiger partial charge in [0.15, 0.2) is 3.92 Å². The monoisotopic (exact) mass is 330 g/mol.